The Labute approximate surface area is 155 Å². The smallest absolute Gasteiger partial charge is 0.269 e. The topological polar surface area (TPSA) is 61.4 Å². The Kier molecular flexibility index (Phi) is 6.41. The Morgan fingerprint density at radius 1 is 1.04 bits per heavy atom. The maximum absolute atomic E-state index is 12.1. The van der Waals surface area contributed by atoms with E-state index in [4.69, 9.17) is 0 Å². The molecule has 0 spiro atoms. The van der Waals surface area contributed by atoms with Crippen LogP contribution in [0.1, 0.15) is 36.7 Å². The summed E-state index contributed by atoms with van der Waals surface area (Å²) in [7, 11) is 0. The number of hydrogen-bond donors (Lipinski definition) is 1. The zero-order valence-electron chi connectivity index (χ0n) is 15.4. The van der Waals surface area contributed by atoms with Gasteiger partial charge in [-0.15, -0.1) is 0 Å². The highest BCUT2D eigenvalue weighted by Gasteiger charge is 2.18. The van der Waals surface area contributed by atoms with Crippen LogP contribution in [0.2, 0.25) is 0 Å². The minimum atomic E-state index is -0.0902. The third-order valence-corrected chi connectivity index (χ3v) is 4.66. The molecule has 3 heterocycles. The highest BCUT2D eigenvalue weighted by molar-refractivity contribution is 5.92. The number of nitrogens with zero attached hydrogens (tertiary/aromatic N) is 4. The van der Waals surface area contributed by atoms with Gasteiger partial charge in [-0.1, -0.05) is 25.8 Å². The van der Waals surface area contributed by atoms with Gasteiger partial charge in [-0.05, 0) is 30.7 Å². The summed E-state index contributed by atoms with van der Waals surface area (Å²) in [5.41, 5.74) is 1.55. The van der Waals surface area contributed by atoms with Gasteiger partial charge in [0.15, 0.2) is 0 Å². The van der Waals surface area contributed by atoms with Crippen LogP contribution in [-0.4, -0.2) is 48.6 Å². The summed E-state index contributed by atoms with van der Waals surface area (Å²) in [6.45, 7) is 6.55. The molecule has 1 N–H and O–H groups in total. The number of anilines is 2. The number of hydrogen-bond acceptors (Lipinski definition) is 5. The van der Waals surface area contributed by atoms with Gasteiger partial charge >= 0.3 is 0 Å². The molecular formula is C20H27N5O. The van der Waals surface area contributed by atoms with E-state index in [2.05, 4.69) is 32.0 Å². The van der Waals surface area contributed by atoms with E-state index in [0.29, 0.717) is 12.2 Å². The summed E-state index contributed by atoms with van der Waals surface area (Å²) < 4.78 is 0. The second-order valence-corrected chi connectivity index (χ2v) is 6.53. The summed E-state index contributed by atoms with van der Waals surface area (Å²) in [5, 5.41) is 2.93. The molecule has 0 unspecified atom stereocenters. The lowest BCUT2D eigenvalue weighted by atomic mass is 10.2. The van der Waals surface area contributed by atoms with Gasteiger partial charge in [0.05, 0.1) is 11.9 Å². The number of piperazine rings is 1. The van der Waals surface area contributed by atoms with Crippen molar-refractivity contribution in [2.45, 2.75) is 26.2 Å². The first-order valence-electron chi connectivity index (χ1n) is 9.43. The highest BCUT2D eigenvalue weighted by Crippen LogP contribution is 2.18. The molecule has 26 heavy (non-hydrogen) atoms. The van der Waals surface area contributed by atoms with Crippen molar-refractivity contribution in [3.8, 4) is 0 Å². The van der Waals surface area contributed by atoms with Crippen molar-refractivity contribution < 1.29 is 4.79 Å². The number of rotatable bonds is 7. The summed E-state index contributed by atoms with van der Waals surface area (Å²) in [6, 6.07) is 9.81. The van der Waals surface area contributed by atoms with Crippen LogP contribution in [0.4, 0.5) is 11.5 Å². The first kappa shape index (κ1) is 18.2. The number of unbranched alkanes of at least 4 members (excludes halogenated alkanes) is 2. The van der Waals surface area contributed by atoms with Crippen LogP contribution in [0.25, 0.3) is 0 Å². The van der Waals surface area contributed by atoms with Gasteiger partial charge in [-0.3, -0.25) is 4.79 Å². The molecule has 1 amide bonds. The number of carbonyl (C=O) groups excluding carboxylic acids is 1. The summed E-state index contributed by atoms with van der Waals surface area (Å²) in [4.78, 5) is 25.5. The summed E-state index contributed by atoms with van der Waals surface area (Å²) in [5.74, 6) is 0.938. The number of aromatic nitrogens is 2. The lowest BCUT2D eigenvalue weighted by Gasteiger charge is -2.36. The lowest BCUT2D eigenvalue weighted by molar-refractivity contribution is 0.0948. The Morgan fingerprint density at radius 2 is 1.85 bits per heavy atom. The van der Waals surface area contributed by atoms with Gasteiger partial charge in [-0.25, -0.2) is 9.97 Å². The van der Waals surface area contributed by atoms with Gasteiger partial charge < -0.3 is 15.1 Å². The van der Waals surface area contributed by atoms with E-state index < -0.39 is 0 Å². The van der Waals surface area contributed by atoms with E-state index in [-0.39, 0.29) is 5.91 Å². The molecule has 2 aromatic heterocycles. The van der Waals surface area contributed by atoms with Crippen LogP contribution in [0, 0.1) is 0 Å². The van der Waals surface area contributed by atoms with Crippen LogP contribution < -0.4 is 15.1 Å². The van der Waals surface area contributed by atoms with E-state index in [1.165, 1.54) is 0 Å². The van der Waals surface area contributed by atoms with E-state index in [0.717, 1.165) is 56.9 Å². The van der Waals surface area contributed by atoms with E-state index in [1.807, 2.05) is 36.5 Å². The van der Waals surface area contributed by atoms with Gasteiger partial charge in [0.25, 0.3) is 5.91 Å². The number of carbonyl (C=O) groups is 1. The van der Waals surface area contributed by atoms with Crippen molar-refractivity contribution in [2.24, 2.45) is 0 Å². The van der Waals surface area contributed by atoms with Crippen LogP contribution >= 0.6 is 0 Å². The average Bonchev–Trinajstić information content (AvgIpc) is 2.72. The lowest BCUT2D eigenvalue weighted by Crippen LogP contribution is -2.46. The molecule has 0 aliphatic carbocycles. The van der Waals surface area contributed by atoms with Crippen molar-refractivity contribution >= 4 is 17.4 Å². The van der Waals surface area contributed by atoms with Crippen LogP contribution in [0.5, 0.6) is 0 Å². The fraction of sp³-hybridized carbons (Fsp3) is 0.450. The Hall–Kier alpha value is -2.63. The van der Waals surface area contributed by atoms with Gasteiger partial charge in [-0.2, -0.15) is 0 Å². The number of amides is 1. The molecule has 6 nitrogen and oxygen atoms in total. The van der Waals surface area contributed by atoms with Gasteiger partial charge in [0, 0.05) is 38.9 Å². The van der Waals surface area contributed by atoms with Crippen LogP contribution in [-0.2, 0) is 0 Å². The van der Waals surface area contributed by atoms with Crippen molar-refractivity contribution in [2.75, 3.05) is 42.5 Å². The zero-order valence-corrected chi connectivity index (χ0v) is 15.4. The quantitative estimate of drug-likeness (QED) is 0.776. The fourth-order valence-corrected chi connectivity index (χ4v) is 3.11. The Balaban J connectivity index is 1.51. The predicted octanol–water partition coefficient (Wildman–Crippen LogP) is 2.72. The molecule has 0 bridgehead atoms. The minimum absolute atomic E-state index is 0.0902. The standard InChI is InChI=1S/C20H27N5O/c1-2-3-5-11-22-20(26)18-9-8-17(16-23-18)24-12-14-25(15-13-24)19-7-4-6-10-21-19/h4,6-10,16H,2-3,5,11-15H2,1H3,(H,22,26). The zero-order chi connectivity index (χ0) is 18.2. The molecule has 1 aliphatic rings. The number of pyridine rings is 2. The largest absolute Gasteiger partial charge is 0.367 e. The maximum Gasteiger partial charge on any atom is 0.269 e. The highest BCUT2D eigenvalue weighted by atomic mass is 16.1. The first-order chi connectivity index (χ1) is 12.8. The maximum atomic E-state index is 12.1. The molecule has 6 heteroatoms. The van der Waals surface area contributed by atoms with Crippen LogP contribution in [0.3, 0.4) is 0 Å². The molecule has 0 saturated carbocycles. The van der Waals surface area contributed by atoms with Gasteiger partial charge in [0.1, 0.15) is 11.5 Å². The minimum Gasteiger partial charge on any atom is -0.367 e. The Bertz CT molecular complexity index is 681. The van der Waals surface area contributed by atoms with Crippen molar-refractivity contribution in [1.29, 1.82) is 0 Å². The molecule has 2 aromatic rings. The van der Waals surface area contributed by atoms with Crippen molar-refractivity contribution in [1.82, 2.24) is 15.3 Å². The SMILES string of the molecule is CCCCCNC(=O)c1ccc(N2CCN(c3ccccn3)CC2)cn1. The third-order valence-electron chi connectivity index (χ3n) is 4.66. The molecule has 0 aromatic carbocycles. The monoisotopic (exact) mass is 353 g/mol. The second kappa shape index (κ2) is 9.17. The van der Waals surface area contributed by atoms with Crippen molar-refractivity contribution in [3.05, 3.63) is 48.4 Å². The molecule has 1 aliphatic heterocycles. The molecule has 0 radical (unpaired) electrons. The predicted molar refractivity (Wildman–Crippen MR) is 105 cm³/mol. The summed E-state index contributed by atoms with van der Waals surface area (Å²) in [6.07, 6.45) is 6.93. The van der Waals surface area contributed by atoms with Gasteiger partial charge in [0.2, 0.25) is 0 Å². The molecular weight excluding hydrogens is 326 g/mol. The summed E-state index contributed by atoms with van der Waals surface area (Å²) >= 11 is 0. The molecule has 3 rings (SSSR count). The normalized spacial score (nSPS) is 14.3. The molecule has 0 atom stereocenters. The average molecular weight is 353 g/mol. The fourth-order valence-electron chi connectivity index (χ4n) is 3.11. The van der Waals surface area contributed by atoms with Crippen LogP contribution in [0.15, 0.2) is 42.7 Å². The van der Waals surface area contributed by atoms with Crippen molar-refractivity contribution in [3.63, 3.8) is 0 Å². The number of nitrogens with one attached hydrogen (secondary N) is 1. The van der Waals surface area contributed by atoms with E-state index in [1.54, 1.807) is 6.20 Å². The molecule has 1 saturated heterocycles. The molecule has 138 valence electrons. The second-order valence-electron chi connectivity index (χ2n) is 6.53. The van der Waals surface area contributed by atoms with E-state index in [9.17, 15) is 4.79 Å². The Morgan fingerprint density at radius 3 is 2.50 bits per heavy atom. The third kappa shape index (κ3) is 4.71. The first-order valence-corrected chi connectivity index (χ1v) is 9.43. The van der Waals surface area contributed by atoms with E-state index >= 15 is 0 Å². The molecule has 1 fully saturated rings.